The van der Waals surface area contributed by atoms with Crippen LogP contribution in [0.4, 0.5) is 11.5 Å². The fourth-order valence-corrected chi connectivity index (χ4v) is 4.09. The van der Waals surface area contributed by atoms with Crippen molar-refractivity contribution in [1.29, 1.82) is 0 Å². The fourth-order valence-electron chi connectivity index (χ4n) is 3.92. The van der Waals surface area contributed by atoms with E-state index in [1.807, 2.05) is 30.5 Å². The summed E-state index contributed by atoms with van der Waals surface area (Å²) in [7, 11) is 0. The smallest absolute Gasteiger partial charge is 0.132 e. The number of benzene rings is 1. The van der Waals surface area contributed by atoms with Crippen LogP contribution in [0.1, 0.15) is 24.9 Å². The molecule has 1 aliphatic rings. The van der Waals surface area contributed by atoms with Crippen LogP contribution in [0.15, 0.2) is 36.5 Å². The van der Waals surface area contributed by atoms with Gasteiger partial charge in [-0.3, -0.25) is 4.98 Å². The molecule has 0 amide bonds. The van der Waals surface area contributed by atoms with Crippen LogP contribution in [0.25, 0.3) is 10.9 Å². The van der Waals surface area contributed by atoms with Crippen LogP contribution in [0.2, 0.25) is 5.02 Å². The summed E-state index contributed by atoms with van der Waals surface area (Å²) in [5.41, 5.74) is 3.02. The van der Waals surface area contributed by atoms with E-state index in [1.165, 1.54) is 0 Å². The molecule has 1 N–H and O–H groups in total. The standard InChI is InChI=1S/C23H29ClN6/c1-3-29-11-13-30(14-12-29)23-15-17(2)27-22(28-23)5-4-9-25-20-8-10-26-21-16-18(24)6-7-19(20)21/h6-8,10,15-16H,3-5,9,11-14H2,1-2H3,(H,25,26). The Bertz CT molecular complexity index is 1000. The number of aryl methyl sites for hydroxylation is 2. The minimum atomic E-state index is 0.704. The van der Waals surface area contributed by atoms with E-state index >= 15 is 0 Å². The molecule has 1 saturated heterocycles. The fraction of sp³-hybridized carbons (Fsp3) is 0.435. The number of halogens is 1. The number of aromatic nitrogens is 3. The van der Waals surface area contributed by atoms with Gasteiger partial charge < -0.3 is 15.1 Å². The van der Waals surface area contributed by atoms with Crippen LogP contribution in [-0.2, 0) is 6.42 Å². The molecule has 1 aromatic carbocycles. The molecule has 0 spiro atoms. The van der Waals surface area contributed by atoms with E-state index < -0.39 is 0 Å². The van der Waals surface area contributed by atoms with Crippen LogP contribution in [0.5, 0.6) is 0 Å². The third-order valence-electron chi connectivity index (χ3n) is 5.63. The molecule has 1 fully saturated rings. The number of nitrogens with zero attached hydrogens (tertiary/aromatic N) is 5. The Morgan fingerprint density at radius 3 is 2.70 bits per heavy atom. The maximum Gasteiger partial charge on any atom is 0.132 e. The van der Waals surface area contributed by atoms with E-state index in [0.717, 1.165) is 86.0 Å². The molecule has 0 aliphatic carbocycles. The van der Waals surface area contributed by atoms with Crippen LogP contribution < -0.4 is 10.2 Å². The first-order valence-electron chi connectivity index (χ1n) is 10.7. The monoisotopic (exact) mass is 424 g/mol. The van der Waals surface area contributed by atoms with Crippen molar-refractivity contribution in [1.82, 2.24) is 19.9 Å². The normalized spacial score (nSPS) is 15.0. The van der Waals surface area contributed by atoms with Gasteiger partial charge in [-0.2, -0.15) is 0 Å². The first kappa shape index (κ1) is 20.8. The number of piperazine rings is 1. The largest absolute Gasteiger partial charge is 0.384 e. The lowest BCUT2D eigenvalue weighted by atomic mass is 10.2. The van der Waals surface area contributed by atoms with Gasteiger partial charge in [0.05, 0.1) is 5.52 Å². The highest BCUT2D eigenvalue weighted by Crippen LogP contribution is 2.24. The second-order valence-corrected chi connectivity index (χ2v) is 8.19. The number of rotatable bonds is 7. The van der Waals surface area contributed by atoms with E-state index in [1.54, 1.807) is 0 Å². The maximum atomic E-state index is 6.08. The minimum absolute atomic E-state index is 0.704. The molecule has 2 aromatic heterocycles. The first-order chi connectivity index (χ1) is 14.6. The van der Waals surface area contributed by atoms with Crippen LogP contribution in [0.3, 0.4) is 0 Å². The van der Waals surface area contributed by atoms with Gasteiger partial charge in [-0.05, 0) is 44.2 Å². The predicted molar refractivity (Wildman–Crippen MR) is 125 cm³/mol. The van der Waals surface area contributed by atoms with Gasteiger partial charge in [-0.15, -0.1) is 0 Å². The van der Waals surface area contributed by atoms with Gasteiger partial charge in [-0.25, -0.2) is 9.97 Å². The van der Waals surface area contributed by atoms with Gasteiger partial charge in [0, 0.05) is 73.2 Å². The van der Waals surface area contributed by atoms with Crippen molar-refractivity contribution >= 4 is 34.0 Å². The van der Waals surface area contributed by atoms with Crippen molar-refractivity contribution in [3.8, 4) is 0 Å². The zero-order chi connectivity index (χ0) is 20.9. The molecule has 7 heteroatoms. The summed E-state index contributed by atoms with van der Waals surface area (Å²) in [6, 6.07) is 9.93. The van der Waals surface area contributed by atoms with Crippen molar-refractivity contribution in [2.75, 3.05) is 49.5 Å². The summed E-state index contributed by atoms with van der Waals surface area (Å²) in [6.45, 7) is 10.5. The molecule has 6 nitrogen and oxygen atoms in total. The van der Waals surface area contributed by atoms with Crippen LogP contribution in [0, 0.1) is 6.92 Å². The van der Waals surface area contributed by atoms with Crippen molar-refractivity contribution in [3.05, 3.63) is 53.1 Å². The van der Waals surface area contributed by atoms with Crippen molar-refractivity contribution < 1.29 is 0 Å². The van der Waals surface area contributed by atoms with Crippen LogP contribution in [-0.4, -0.2) is 59.1 Å². The van der Waals surface area contributed by atoms with Crippen LogP contribution >= 0.6 is 11.6 Å². The Balaban J connectivity index is 1.35. The van der Waals surface area contributed by atoms with Gasteiger partial charge in [0.25, 0.3) is 0 Å². The zero-order valence-electron chi connectivity index (χ0n) is 17.7. The van der Waals surface area contributed by atoms with Gasteiger partial charge in [-0.1, -0.05) is 18.5 Å². The van der Waals surface area contributed by atoms with E-state index in [4.69, 9.17) is 16.6 Å². The molecular weight excluding hydrogens is 396 g/mol. The minimum Gasteiger partial charge on any atom is -0.384 e. The number of pyridine rings is 1. The lowest BCUT2D eigenvalue weighted by Gasteiger charge is -2.34. The van der Waals surface area contributed by atoms with E-state index in [9.17, 15) is 0 Å². The SMILES string of the molecule is CCN1CCN(c2cc(C)nc(CCCNc3ccnc4cc(Cl)ccc34)n2)CC1. The number of anilines is 2. The number of hydrogen-bond acceptors (Lipinski definition) is 6. The summed E-state index contributed by atoms with van der Waals surface area (Å²) in [5, 5.41) is 5.32. The van der Waals surface area contributed by atoms with Gasteiger partial charge in [0.2, 0.25) is 0 Å². The van der Waals surface area contributed by atoms with E-state index in [0.29, 0.717) is 5.02 Å². The lowest BCUT2D eigenvalue weighted by molar-refractivity contribution is 0.270. The summed E-state index contributed by atoms with van der Waals surface area (Å²) in [4.78, 5) is 18.8. The summed E-state index contributed by atoms with van der Waals surface area (Å²) < 4.78 is 0. The maximum absolute atomic E-state index is 6.08. The molecular formula is C23H29ClN6. The Hall–Kier alpha value is -2.44. The molecule has 0 atom stereocenters. The summed E-state index contributed by atoms with van der Waals surface area (Å²) in [6.07, 6.45) is 3.63. The molecule has 0 saturated carbocycles. The Morgan fingerprint density at radius 1 is 1.07 bits per heavy atom. The third-order valence-corrected chi connectivity index (χ3v) is 5.86. The Kier molecular flexibility index (Phi) is 6.65. The molecule has 4 rings (SSSR count). The van der Waals surface area contributed by atoms with Crippen molar-refractivity contribution in [3.63, 3.8) is 0 Å². The second kappa shape index (κ2) is 9.58. The first-order valence-corrected chi connectivity index (χ1v) is 11.1. The zero-order valence-corrected chi connectivity index (χ0v) is 18.5. The predicted octanol–water partition coefficient (Wildman–Crippen LogP) is 4.17. The lowest BCUT2D eigenvalue weighted by Crippen LogP contribution is -2.46. The highest BCUT2D eigenvalue weighted by Gasteiger charge is 2.17. The van der Waals surface area contributed by atoms with E-state index in [-0.39, 0.29) is 0 Å². The number of likely N-dealkylation sites (N-methyl/N-ethyl adjacent to an activating group) is 1. The average Bonchev–Trinajstić information content (AvgIpc) is 2.76. The molecule has 0 radical (unpaired) electrons. The number of nitrogens with one attached hydrogen (secondary N) is 1. The summed E-state index contributed by atoms with van der Waals surface area (Å²) in [5.74, 6) is 1.99. The number of fused-ring (bicyclic) bond motifs is 1. The Labute approximate surface area is 183 Å². The Morgan fingerprint density at radius 2 is 1.90 bits per heavy atom. The average molecular weight is 425 g/mol. The highest BCUT2D eigenvalue weighted by molar-refractivity contribution is 6.31. The topological polar surface area (TPSA) is 57.2 Å². The third kappa shape index (κ3) is 4.99. The number of hydrogen-bond donors (Lipinski definition) is 1. The van der Waals surface area contributed by atoms with Gasteiger partial charge >= 0.3 is 0 Å². The van der Waals surface area contributed by atoms with E-state index in [2.05, 4.69) is 45.0 Å². The molecule has 1 aliphatic heterocycles. The molecule has 3 heterocycles. The van der Waals surface area contributed by atoms with Gasteiger partial charge in [0.15, 0.2) is 0 Å². The highest BCUT2D eigenvalue weighted by atomic mass is 35.5. The van der Waals surface area contributed by atoms with Gasteiger partial charge in [0.1, 0.15) is 11.6 Å². The quantitative estimate of drug-likeness (QED) is 0.574. The molecule has 3 aromatic rings. The van der Waals surface area contributed by atoms with Crippen molar-refractivity contribution in [2.45, 2.75) is 26.7 Å². The summed E-state index contributed by atoms with van der Waals surface area (Å²) >= 11 is 6.08. The molecule has 0 unspecified atom stereocenters. The van der Waals surface area contributed by atoms with Crippen molar-refractivity contribution in [2.24, 2.45) is 0 Å². The molecule has 0 bridgehead atoms. The molecule has 30 heavy (non-hydrogen) atoms. The molecule has 158 valence electrons. The second-order valence-electron chi connectivity index (χ2n) is 7.76.